The van der Waals surface area contributed by atoms with E-state index in [0.717, 1.165) is 28.3 Å². The maximum absolute atomic E-state index is 11.9. The van der Waals surface area contributed by atoms with Gasteiger partial charge in [-0.25, -0.2) is 0 Å². The minimum absolute atomic E-state index is 0.00605. The normalized spacial score (nSPS) is 10.2. The number of methoxy groups -OCH3 is 1. The topological polar surface area (TPSA) is 38.3 Å². The van der Waals surface area contributed by atoms with Crippen LogP contribution in [0.2, 0.25) is 5.02 Å². The number of nitrogens with one attached hydrogen (secondary N) is 1. The summed E-state index contributed by atoms with van der Waals surface area (Å²) in [5.74, 6) is 0.735. The van der Waals surface area contributed by atoms with Gasteiger partial charge < -0.3 is 10.1 Å². The van der Waals surface area contributed by atoms with Crippen molar-refractivity contribution in [2.75, 3.05) is 13.7 Å². The van der Waals surface area contributed by atoms with Crippen molar-refractivity contribution in [3.63, 3.8) is 0 Å². The molecule has 3 nitrogen and oxygen atoms in total. The van der Waals surface area contributed by atoms with Crippen molar-refractivity contribution in [2.24, 2.45) is 0 Å². The summed E-state index contributed by atoms with van der Waals surface area (Å²) in [4.78, 5) is 11.9. The van der Waals surface area contributed by atoms with Gasteiger partial charge >= 0.3 is 0 Å². The average Bonchev–Trinajstić information content (AvgIpc) is 2.50. The molecule has 0 aliphatic carbocycles. The predicted octanol–water partition coefficient (Wildman–Crippen LogP) is 3.25. The Kier molecular flexibility index (Phi) is 5.64. The molecule has 2 aromatic rings. The highest BCUT2D eigenvalue weighted by molar-refractivity contribution is 6.30. The average molecular weight is 304 g/mol. The van der Waals surface area contributed by atoms with Gasteiger partial charge in [0.05, 0.1) is 13.5 Å². The van der Waals surface area contributed by atoms with Gasteiger partial charge in [-0.3, -0.25) is 4.79 Å². The van der Waals surface area contributed by atoms with Gasteiger partial charge in [0, 0.05) is 17.1 Å². The highest BCUT2D eigenvalue weighted by Crippen LogP contribution is 2.17. The van der Waals surface area contributed by atoms with Crippen molar-refractivity contribution < 1.29 is 9.53 Å². The van der Waals surface area contributed by atoms with Gasteiger partial charge in [-0.15, -0.1) is 0 Å². The Morgan fingerprint density at radius 2 is 1.86 bits per heavy atom. The van der Waals surface area contributed by atoms with E-state index in [2.05, 4.69) is 5.32 Å². The van der Waals surface area contributed by atoms with E-state index in [1.54, 1.807) is 7.11 Å². The number of ether oxygens (including phenoxy) is 1. The van der Waals surface area contributed by atoms with Crippen LogP contribution >= 0.6 is 11.6 Å². The summed E-state index contributed by atoms with van der Waals surface area (Å²) in [7, 11) is 1.61. The van der Waals surface area contributed by atoms with Crippen molar-refractivity contribution in [2.45, 2.75) is 12.8 Å². The Balaban J connectivity index is 1.81. The van der Waals surface area contributed by atoms with Crippen LogP contribution < -0.4 is 10.1 Å². The summed E-state index contributed by atoms with van der Waals surface area (Å²) < 4.78 is 5.24. The number of rotatable bonds is 6. The monoisotopic (exact) mass is 303 g/mol. The van der Waals surface area contributed by atoms with E-state index in [1.165, 1.54) is 0 Å². The Morgan fingerprint density at radius 3 is 2.57 bits per heavy atom. The summed E-state index contributed by atoms with van der Waals surface area (Å²) in [6.45, 7) is 0.607. The molecule has 0 aliphatic heterocycles. The number of hydrogen-bond donors (Lipinski definition) is 1. The SMILES string of the molecule is COc1ccccc1CC(=O)NCCc1ccc(Cl)cc1. The molecule has 110 valence electrons. The molecule has 0 atom stereocenters. The van der Waals surface area contributed by atoms with Crippen molar-refractivity contribution in [3.8, 4) is 5.75 Å². The summed E-state index contributed by atoms with van der Waals surface area (Å²) in [6, 6.07) is 15.2. The highest BCUT2D eigenvalue weighted by Gasteiger charge is 2.07. The van der Waals surface area contributed by atoms with Crippen LogP contribution in [0.3, 0.4) is 0 Å². The van der Waals surface area contributed by atoms with Crippen molar-refractivity contribution >= 4 is 17.5 Å². The summed E-state index contributed by atoms with van der Waals surface area (Å²) in [5.41, 5.74) is 2.04. The molecule has 1 amide bonds. The molecule has 0 aliphatic rings. The maximum Gasteiger partial charge on any atom is 0.224 e. The van der Waals surface area contributed by atoms with Crippen LogP contribution in [0.15, 0.2) is 48.5 Å². The first-order valence-corrected chi connectivity index (χ1v) is 7.20. The Morgan fingerprint density at radius 1 is 1.14 bits per heavy atom. The van der Waals surface area contributed by atoms with Gasteiger partial charge in [0.15, 0.2) is 0 Å². The zero-order valence-corrected chi connectivity index (χ0v) is 12.7. The van der Waals surface area contributed by atoms with Crippen LogP contribution in [0.25, 0.3) is 0 Å². The van der Waals surface area contributed by atoms with E-state index in [-0.39, 0.29) is 5.91 Å². The standard InChI is InChI=1S/C17H18ClNO2/c1-21-16-5-3-2-4-14(16)12-17(20)19-11-10-13-6-8-15(18)9-7-13/h2-9H,10-12H2,1H3,(H,19,20). The number of para-hydroxylation sites is 1. The van der Waals surface area contributed by atoms with E-state index in [1.807, 2.05) is 48.5 Å². The quantitative estimate of drug-likeness (QED) is 0.889. The van der Waals surface area contributed by atoms with Crippen LogP contribution in [-0.4, -0.2) is 19.6 Å². The summed E-state index contributed by atoms with van der Waals surface area (Å²) in [6.07, 6.45) is 1.11. The van der Waals surface area contributed by atoms with Crippen LogP contribution in [0.1, 0.15) is 11.1 Å². The molecule has 0 saturated heterocycles. The lowest BCUT2D eigenvalue weighted by Crippen LogP contribution is -2.27. The van der Waals surface area contributed by atoms with Crippen molar-refractivity contribution in [1.29, 1.82) is 0 Å². The zero-order chi connectivity index (χ0) is 15.1. The van der Waals surface area contributed by atoms with Crippen LogP contribution in [0.5, 0.6) is 5.75 Å². The number of halogens is 1. The molecule has 0 radical (unpaired) electrons. The van der Waals surface area contributed by atoms with Gasteiger partial charge in [0.25, 0.3) is 0 Å². The molecule has 0 unspecified atom stereocenters. The number of amides is 1. The summed E-state index contributed by atoms with van der Waals surface area (Å²) >= 11 is 5.83. The lowest BCUT2D eigenvalue weighted by atomic mass is 10.1. The van der Waals surface area contributed by atoms with Gasteiger partial charge in [-0.2, -0.15) is 0 Å². The minimum atomic E-state index is -0.00605. The largest absolute Gasteiger partial charge is 0.496 e. The molecular formula is C17H18ClNO2. The maximum atomic E-state index is 11.9. The first-order chi connectivity index (χ1) is 10.2. The lowest BCUT2D eigenvalue weighted by molar-refractivity contribution is -0.120. The third kappa shape index (κ3) is 4.80. The molecule has 2 aromatic carbocycles. The van der Waals surface area contributed by atoms with Gasteiger partial charge in [0.2, 0.25) is 5.91 Å². The van der Waals surface area contributed by atoms with Gasteiger partial charge in [-0.1, -0.05) is 41.9 Å². The molecule has 0 aromatic heterocycles. The lowest BCUT2D eigenvalue weighted by Gasteiger charge is -2.09. The molecule has 2 rings (SSSR count). The van der Waals surface area contributed by atoms with Crippen molar-refractivity contribution in [3.05, 3.63) is 64.7 Å². The number of carbonyl (C=O) groups excluding carboxylic acids is 1. The fraction of sp³-hybridized carbons (Fsp3) is 0.235. The molecule has 0 spiro atoms. The first-order valence-electron chi connectivity index (χ1n) is 6.82. The van der Waals surface area contributed by atoms with Crippen molar-refractivity contribution in [1.82, 2.24) is 5.32 Å². The second-order valence-electron chi connectivity index (χ2n) is 4.72. The van der Waals surface area contributed by atoms with E-state index in [4.69, 9.17) is 16.3 Å². The molecule has 1 N–H and O–H groups in total. The number of benzene rings is 2. The predicted molar refractivity (Wildman–Crippen MR) is 84.9 cm³/mol. The molecule has 21 heavy (non-hydrogen) atoms. The zero-order valence-electron chi connectivity index (χ0n) is 11.9. The smallest absolute Gasteiger partial charge is 0.224 e. The molecule has 0 heterocycles. The van der Waals surface area contributed by atoms with E-state index in [9.17, 15) is 4.79 Å². The van der Waals surface area contributed by atoms with E-state index < -0.39 is 0 Å². The molecule has 0 bridgehead atoms. The fourth-order valence-corrected chi connectivity index (χ4v) is 2.21. The third-order valence-electron chi connectivity index (χ3n) is 3.19. The third-order valence-corrected chi connectivity index (χ3v) is 3.44. The Bertz CT molecular complexity index is 596. The molecule has 0 fully saturated rings. The second kappa shape index (κ2) is 7.70. The van der Waals surface area contributed by atoms with Gasteiger partial charge in [0.1, 0.15) is 5.75 Å². The Hall–Kier alpha value is -2.00. The molecule has 0 saturated carbocycles. The van der Waals surface area contributed by atoms with E-state index in [0.29, 0.717) is 13.0 Å². The van der Waals surface area contributed by atoms with Crippen LogP contribution in [-0.2, 0) is 17.6 Å². The van der Waals surface area contributed by atoms with Crippen LogP contribution in [0, 0.1) is 0 Å². The number of hydrogen-bond acceptors (Lipinski definition) is 2. The highest BCUT2D eigenvalue weighted by atomic mass is 35.5. The first kappa shape index (κ1) is 15.4. The van der Waals surface area contributed by atoms with E-state index >= 15 is 0 Å². The summed E-state index contributed by atoms with van der Waals surface area (Å²) in [5, 5.41) is 3.64. The fourth-order valence-electron chi connectivity index (χ4n) is 2.08. The van der Waals surface area contributed by atoms with Gasteiger partial charge in [-0.05, 0) is 30.2 Å². The molecular weight excluding hydrogens is 286 g/mol. The van der Waals surface area contributed by atoms with Crippen LogP contribution in [0.4, 0.5) is 0 Å². The number of carbonyl (C=O) groups is 1. The Labute approximate surface area is 129 Å². The second-order valence-corrected chi connectivity index (χ2v) is 5.15. The minimum Gasteiger partial charge on any atom is -0.496 e. The molecule has 4 heteroatoms.